The van der Waals surface area contributed by atoms with E-state index in [-0.39, 0.29) is 23.6 Å². The molecule has 1 aromatic rings. The van der Waals surface area contributed by atoms with E-state index in [0.29, 0.717) is 17.0 Å². The van der Waals surface area contributed by atoms with E-state index < -0.39 is 0 Å². The van der Waals surface area contributed by atoms with Crippen molar-refractivity contribution in [1.29, 1.82) is 0 Å². The summed E-state index contributed by atoms with van der Waals surface area (Å²) in [5.41, 5.74) is 1.18. The van der Waals surface area contributed by atoms with E-state index >= 15 is 0 Å². The summed E-state index contributed by atoms with van der Waals surface area (Å²) >= 11 is 3.10. The molecule has 0 unspecified atom stereocenters. The SMILES string of the molecule is O=C1COc2cc(C(=O)CBr)ccc2N1. The Morgan fingerprint density at radius 2 is 2.33 bits per heavy atom. The number of alkyl halides is 1. The van der Waals surface area contributed by atoms with E-state index in [1.54, 1.807) is 18.2 Å². The second-order valence-corrected chi connectivity index (χ2v) is 3.67. The van der Waals surface area contributed by atoms with Crippen LogP contribution in [0.2, 0.25) is 0 Å². The summed E-state index contributed by atoms with van der Waals surface area (Å²) in [4.78, 5) is 22.4. The second kappa shape index (κ2) is 4.02. The lowest BCUT2D eigenvalue weighted by Crippen LogP contribution is -2.25. The minimum atomic E-state index is -0.179. The summed E-state index contributed by atoms with van der Waals surface area (Å²) in [6.07, 6.45) is 0. The maximum Gasteiger partial charge on any atom is 0.262 e. The van der Waals surface area contributed by atoms with Gasteiger partial charge in [0.1, 0.15) is 5.75 Å². The molecule has 0 bridgehead atoms. The molecule has 0 saturated heterocycles. The summed E-state index contributed by atoms with van der Waals surface area (Å²) in [7, 11) is 0. The molecular weight excluding hydrogens is 262 g/mol. The van der Waals surface area contributed by atoms with Crippen molar-refractivity contribution < 1.29 is 14.3 Å². The highest BCUT2D eigenvalue weighted by Crippen LogP contribution is 2.28. The second-order valence-electron chi connectivity index (χ2n) is 3.10. The molecule has 1 heterocycles. The van der Waals surface area contributed by atoms with Crippen molar-refractivity contribution in [2.45, 2.75) is 0 Å². The first-order valence-corrected chi connectivity index (χ1v) is 5.48. The fourth-order valence-corrected chi connectivity index (χ4v) is 1.65. The summed E-state index contributed by atoms with van der Waals surface area (Å²) in [5, 5.41) is 2.93. The molecule has 1 amide bonds. The van der Waals surface area contributed by atoms with Gasteiger partial charge in [-0.05, 0) is 18.2 Å². The van der Waals surface area contributed by atoms with Gasteiger partial charge in [-0.15, -0.1) is 0 Å². The first-order valence-electron chi connectivity index (χ1n) is 4.36. The van der Waals surface area contributed by atoms with Gasteiger partial charge in [-0.3, -0.25) is 9.59 Å². The molecule has 15 heavy (non-hydrogen) atoms. The largest absolute Gasteiger partial charge is 0.482 e. The lowest BCUT2D eigenvalue weighted by Gasteiger charge is -2.18. The Hall–Kier alpha value is -1.36. The topological polar surface area (TPSA) is 55.4 Å². The highest BCUT2D eigenvalue weighted by molar-refractivity contribution is 9.09. The predicted molar refractivity (Wildman–Crippen MR) is 58.7 cm³/mol. The molecule has 0 atom stereocenters. The molecular formula is C10H8BrNO3. The molecule has 1 N–H and O–H groups in total. The van der Waals surface area contributed by atoms with E-state index in [4.69, 9.17) is 4.74 Å². The van der Waals surface area contributed by atoms with Crippen LogP contribution in [0.15, 0.2) is 18.2 Å². The monoisotopic (exact) mass is 269 g/mol. The molecule has 0 spiro atoms. The number of halogens is 1. The van der Waals surface area contributed by atoms with E-state index in [2.05, 4.69) is 21.2 Å². The maximum absolute atomic E-state index is 11.4. The Kier molecular flexibility index (Phi) is 2.73. The number of carbonyl (C=O) groups is 2. The van der Waals surface area contributed by atoms with Gasteiger partial charge >= 0.3 is 0 Å². The summed E-state index contributed by atoms with van der Waals surface area (Å²) in [6, 6.07) is 4.97. The number of ether oxygens (including phenoxy) is 1. The predicted octanol–water partition coefficient (Wildman–Crippen LogP) is 1.60. The molecule has 4 nitrogen and oxygen atoms in total. The van der Waals surface area contributed by atoms with Gasteiger partial charge in [0.15, 0.2) is 12.4 Å². The minimum Gasteiger partial charge on any atom is -0.482 e. The molecule has 78 valence electrons. The van der Waals surface area contributed by atoms with Gasteiger partial charge < -0.3 is 10.1 Å². The first-order chi connectivity index (χ1) is 7.20. The summed E-state index contributed by atoms with van der Waals surface area (Å²) < 4.78 is 5.19. The molecule has 2 rings (SSSR count). The van der Waals surface area contributed by atoms with E-state index in [0.717, 1.165) is 0 Å². The zero-order valence-corrected chi connectivity index (χ0v) is 9.33. The number of rotatable bonds is 2. The van der Waals surface area contributed by atoms with Crippen LogP contribution in [0.3, 0.4) is 0 Å². The summed E-state index contributed by atoms with van der Waals surface area (Å²) in [5.74, 6) is 0.349. The number of amides is 1. The Morgan fingerprint density at radius 3 is 3.07 bits per heavy atom. The van der Waals surface area contributed by atoms with E-state index in [1.165, 1.54) is 0 Å². The zero-order chi connectivity index (χ0) is 10.8. The molecule has 0 saturated carbocycles. The Balaban J connectivity index is 2.34. The number of fused-ring (bicyclic) bond motifs is 1. The molecule has 1 aliphatic heterocycles. The van der Waals surface area contributed by atoms with Crippen molar-refractivity contribution in [3.05, 3.63) is 23.8 Å². The van der Waals surface area contributed by atoms with Crippen LogP contribution in [-0.2, 0) is 4.79 Å². The number of benzene rings is 1. The van der Waals surface area contributed by atoms with Gasteiger partial charge in [-0.25, -0.2) is 0 Å². The van der Waals surface area contributed by atoms with E-state index in [9.17, 15) is 9.59 Å². The third-order valence-electron chi connectivity index (χ3n) is 2.06. The Labute approximate surface area is 94.7 Å². The number of Topliss-reactive ketones (excluding diaryl/α,β-unsaturated/α-hetero) is 1. The lowest BCUT2D eigenvalue weighted by atomic mass is 10.1. The van der Waals surface area contributed by atoms with E-state index in [1.807, 2.05) is 0 Å². The number of hydrogen-bond acceptors (Lipinski definition) is 3. The van der Waals surface area contributed by atoms with Crippen LogP contribution < -0.4 is 10.1 Å². The molecule has 5 heteroatoms. The van der Waals surface area contributed by atoms with Crippen molar-refractivity contribution in [3.63, 3.8) is 0 Å². The Bertz CT molecular complexity index is 431. The number of nitrogens with one attached hydrogen (secondary N) is 1. The average Bonchev–Trinajstić information content (AvgIpc) is 2.27. The Morgan fingerprint density at radius 1 is 1.53 bits per heavy atom. The van der Waals surface area contributed by atoms with Crippen LogP contribution in [0.1, 0.15) is 10.4 Å². The molecule has 0 radical (unpaired) electrons. The van der Waals surface area contributed by atoms with Crippen LogP contribution in [0, 0.1) is 0 Å². The number of hydrogen-bond donors (Lipinski definition) is 1. The van der Waals surface area contributed by atoms with Crippen molar-refractivity contribution in [3.8, 4) is 5.75 Å². The minimum absolute atomic E-state index is 0.00104. The third kappa shape index (κ3) is 2.02. The molecule has 1 aromatic carbocycles. The fourth-order valence-electron chi connectivity index (χ4n) is 1.33. The normalized spacial score (nSPS) is 13.8. The van der Waals surface area contributed by atoms with Gasteiger partial charge in [-0.2, -0.15) is 0 Å². The van der Waals surface area contributed by atoms with Gasteiger partial charge in [0.05, 0.1) is 11.0 Å². The average molecular weight is 270 g/mol. The lowest BCUT2D eigenvalue weighted by molar-refractivity contribution is -0.118. The highest BCUT2D eigenvalue weighted by Gasteiger charge is 2.17. The highest BCUT2D eigenvalue weighted by atomic mass is 79.9. The molecule has 0 aromatic heterocycles. The zero-order valence-electron chi connectivity index (χ0n) is 7.75. The van der Waals surface area contributed by atoms with Crippen molar-refractivity contribution in [1.82, 2.24) is 0 Å². The van der Waals surface area contributed by atoms with Crippen LogP contribution >= 0.6 is 15.9 Å². The van der Waals surface area contributed by atoms with Crippen LogP contribution in [0.5, 0.6) is 5.75 Å². The van der Waals surface area contributed by atoms with Gasteiger partial charge in [-0.1, -0.05) is 15.9 Å². The standard InChI is InChI=1S/C10H8BrNO3/c11-4-8(13)6-1-2-7-9(3-6)15-5-10(14)12-7/h1-3H,4-5H2,(H,12,14). The molecule has 1 aliphatic rings. The van der Waals surface area contributed by atoms with Crippen molar-refractivity contribution in [2.75, 3.05) is 17.3 Å². The first kappa shape index (κ1) is 10.2. The molecule has 0 aliphatic carbocycles. The molecule has 0 fully saturated rings. The van der Waals surface area contributed by atoms with Gasteiger partial charge in [0.25, 0.3) is 5.91 Å². The van der Waals surface area contributed by atoms with Gasteiger partial charge in [0, 0.05) is 5.56 Å². The fraction of sp³-hybridized carbons (Fsp3) is 0.200. The number of ketones is 1. The number of anilines is 1. The third-order valence-corrected chi connectivity index (χ3v) is 2.57. The smallest absolute Gasteiger partial charge is 0.262 e. The van der Waals surface area contributed by atoms with Crippen LogP contribution in [-0.4, -0.2) is 23.6 Å². The van der Waals surface area contributed by atoms with Crippen molar-refractivity contribution in [2.24, 2.45) is 0 Å². The van der Waals surface area contributed by atoms with Crippen LogP contribution in [0.25, 0.3) is 0 Å². The quantitative estimate of drug-likeness (QED) is 0.656. The maximum atomic E-state index is 11.4. The number of carbonyl (C=O) groups excluding carboxylic acids is 2. The van der Waals surface area contributed by atoms with Crippen LogP contribution in [0.4, 0.5) is 5.69 Å². The van der Waals surface area contributed by atoms with Gasteiger partial charge in [0.2, 0.25) is 0 Å². The van der Waals surface area contributed by atoms with Crippen molar-refractivity contribution >= 4 is 33.3 Å². The summed E-state index contributed by atoms with van der Waals surface area (Å²) in [6.45, 7) is -0.00104.